The van der Waals surface area contributed by atoms with Crippen LogP contribution in [0.15, 0.2) is 30.3 Å². The van der Waals surface area contributed by atoms with Crippen molar-refractivity contribution in [2.45, 2.75) is 30.7 Å². The summed E-state index contributed by atoms with van der Waals surface area (Å²) in [6, 6.07) is 6.61. The third-order valence-electron chi connectivity index (χ3n) is 3.67. The fourth-order valence-corrected chi connectivity index (χ4v) is 4.61. The smallest absolute Gasteiger partial charge is 0.326 e. The Morgan fingerprint density at radius 3 is 2.11 bits per heavy atom. The molecule has 2 atom stereocenters. The van der Waals surface area contributed by atoms with Crippen LogP contribution in [0.1, 0.15) is 18.4 Å². The van der Waals surface area contributed by atoms with Gasteiger partial charge < -0.3 is 10.4 Å². The Bertz CT molecular complexity index is 698. The molecule has 152 valence electrons. The highest BCUT2D eigenvalue weighted by molar-refractivity contribution is 7.98. The average Bonchev–Trinajstić information content (AvgIpc) is 2.62. The topological polar surface area (TPSA) is 113 Å². The van der Waals surface area contributed by atoms with E-state index in [0.717, 1.165) is 0 Å². The molecule has 0 aliphatic rings. The molecule has 0 spiro atoms. The number of carbonyl (C=O) groups is 2. The van der Waals surface area contributed by atoms with Crippen molar-refractivity contribution >= 4 is 45.4 Å². The number of hydrogen-bond acceptors (Lipinski definition) is 6. The van der Waals surface area contributed by atoms with Crippen LogP contribution in [0.4, 0.5) is 0 Å². The number of rotatable bonds is 13. The first-order chi connectivity index (χ1) is 12.8. The van der Waals surface area contributed by atoms with Crippen LogP contribution in [0.25, 0.3) is 0 Å². The molecule has 0 fully saturated rings. The Labute approximate surface area is 169 Å². The van der Waals surface area contributed by atoms with E-state index in [9.17, 15) is 23.1 Å². The van der Waals surface area contributed by atoms with Crippen molar-refractivity contribution in [3.63, 3.8) is 0 Å². The number of hydrogen-bond donors (Lipinski definition) is 3. The monoisotopic (exact) mass is 434 g/mol. The van der Waals surface area contributed by atoms with Crippen molar-refractivity contribution in [1.82, 2.24) is 10.0 Å². The Morgan fingerprint density at radius 1 is 1.04 bits per heavy atom. The molecule has 0 bridgehead atoms. The maximum absolute atomic E-state index is 12.5. The molecule has 27 heavy (non-hydrogen) atoms. The van der Waals surface area contributed by atoms with E-state index in [-0.39, 0.29) is 18.6 Å². The van der Waals surface area contributed by atoms with Gasteiger partial charge in [-0.2, -0.15) is 23.5 Å². The number of carboxylic acids is 1. The lowest BCUT2D eigenvalue weighted by molar-refractivity contribution is -0.142. The van der Waals surface area contributed by atoms with Gasteiger partial charge in [0, 0.05) is 0 Å². The molecule has 7 nitrogen and oxygen atoms in total. The van der Waals surface area contributed by atoms with Crippen molar-refractivity contribution in [2.75, 3.05) is 24.0 Å². The van der Waals surface area contributed by atoms with E-state index in [1.165, 1.54) is 23.5 Å². The normalized spacial score (nSPS) is 13.7. The molecule has 3 N–H and O–H groups in total. The van der Waals surface area contributed by atoms with Crippen molar-refractivity contribution in [1.29, 1.82) is 0 Å². The number of carbonyl (C=O) groups excluding carboxylic acids is 1. The van der Waals surface area contributed by atoms with Crippen molar-refractivity contribution in [3.8, 4) is 0 Å². The third kappa shape index (κ3) is 9.50. The lowest BCUT2D eigenvalue weighted by atomic mass is 10.2. The number of aliphatic carboxylic acids is 1. The van der Waals surface area contributed by atoms with Gasteiger partial charge in [0.25, 0.3) is 0 Å². The van der Waals surface area contributed by atoms with Crippen LogP contribution in [-0.4, -0.2) is 61.5 Å². The van der Waals surface area contributed by atoms with Gasteiger partial charge >= 0.3 is 5.97 Å². The zero-order chi connectivity index (χ0) is 20.3. The van der Waals surface area contributed by atoms with Gasteiger partial charge in [-0.25, -0.2) is 17.9 Å². The minimum atomic E-state index is -3.75. The number of thioether (sulfide) groups is 2. The molecular weight excluding hydrogens is 408 g/mol. The van der Waals surface area contributed by atoms with Crippen molar-refractivity contribution < 1.29 is 23.1 Å². The summed E-state index contributed by atoms with van der Waals surface area (Å²) < 4.78 is 27.3. The van der Waals surface area contributed by atoms with Gasteiger partial charge in [-0.15, -0.1) is 0 Å². The van der Waals surface area contributed by atoms with E-state index in [2.05, 4.69) is 10.0 Å². The summed E-state index contributed by atoms with van der Waals surface area (Å²) in [4.78, 5) is 23.9. The van der Waals surface area contributed by atoms with Gasteiger partial charge in [0.05, 0.1) is 5.75 Å². The molecule has 1 rings (SSSR count). The van der Waals surface area contributed by atoms with Gasteiger partial charge in [-0.1, -0.05) is 30.3 Å². The van der Waals surface area contributed by atoms with Gasteiger partial charge in [-0.3, -0.25) is 4.79 Å². The quantitative estimate of drug-likeness (QED) is 0.432. The molecule has 0 heterocycles. The number of amides is 1. The second-order valence-corrected chi connectivity index (χ2v) is 9.60. The third-order valence-corrected chi connectivity index (χ3v) is 6.32. The Kier molecular flexibility index (Phi) is 10.8. The first-order valence-corrected chi connectivity index (χ1v) is 12.8. The maximum atomic E-state index is 12.5. The predicted octanol–water partition coefficient (Wildman–Crippen LogP) is 1.55. The molecular formula is C17H26N2O5S3. The van der Waals surface area contributed by atoms with E-state index in [0.29, 0.717) is 17.1 Å². The molecule has 0 unspecified atom stereocenters. The molecule has 0 saturated heterocycles. The van der Waals surface area contributed by atoms with Crippen LogP contribution in [0.2, 0.25) is 0 Å². The second kappa shape index (κ2) is 12.3. The summed E-state index contributed by atoms with van der Waals surface area (Å²) in [5.41, 5.74) is 0.609. The first-order valence-electron chi connectivity index (χ1n) is 8.34. The summed E-state index contributed by atoms with van der Waals surface area (Å²) in [6.07, 6.45) is 4.25. The predicted molar refractivity (Wildman–Crippen MR) is 112 cm³/mol. The first kappa shape index (κ1) is 23.8. The fraction of sp³-hybridized carbons (Fsp3) is 0.529. The molecule has 1 amide bonds. The van der Waals surface area contributed by atoms with Gasteiger partial charge in [-0.05, 0) is 42.4 Å². The molecule has 0 aromatic heterocycles. The van der Waals surface area contributed by atoms with Gasteiger partial charge in [0.15, 0.2) is 0 Å². The minimum Gasteiger partial charge on any atom is -0.480 e. The van der Waals surface area contributed by atoms with E-state index in [4.69, 9.17) is 0 Å². The second-order valence-electron chi connectivity index (χ2n) is 5.88. The summed E-state index contributed by atoms with van der Waals surface area (Å²) in [5, 5.41) is 11.7. The molecule has 0 radical (unpaired) electrons. The molecule has 0 saturated carbocycles. The van der Waals surface area contributed by atoms with E-state index in [1.807, 2.05) is 12.5 Å². The standard InChI is InChI=1S/C17H26N2O5S3/c1-25-10-8-14(16(20)18-15(17(21)22)9-11-26-2)19-27(23,24)12-13-6-4-3-5-7-13/h3-7,14-15,19H,8-12H2,1-2H3,(H,18,20)(H,21,22)/t14-,15+/m0/s1. The maximum Gasteiger partial charge on any atom is 0.326 e. The highest BCUT2D eigenvalue weighted by Gasteiger charge is 2.28. The van der Waals surface area contributed by atoms with E-state index in [1.54, 1.807) is 30.3 Å². The number of nitrogens with one attached hydrogen (secondary N) is 2. The van der Waals surface area contributed by atoms with Crippen molar-refractivity contribution in [2.24, 2.45) is 0 Å². The fourth-order valence-electron chi connectivity index (χ4n) is 2.30. The van der Waals surface area contributed by atoms with Crippen LogP contribution >= 0.6 is 23.5 Å². The lowest BCUT2D eigenvalue weighted by Crippen LogP contribution is -2.52. The largest absolute Gasteiger partial charge is 0.480 e. The number of benzene rings is 1. The van der Waals surface area contributed by atoms with Crippen LogP contribution in [0.3, 0.4) is 0 Å². The zero-order valence-corrected chi connectivity index (χ0v) is 17.8. The Hall–Kier alpha value is -1.23. The number of carboxylic acid groups (broad SMARTS) is 1. The van der Waals surface area contributed by atoms with Crippen molar-refractivity contribution in [3.05, 3.63) is 35.9 Å². The summed E-state index contributed by atoms with van der Waals surface area (Å²) in [7, 11) is -3.75. The molecule has 0 aliphatic carbocycles. The summed E-state index contributed by atoms with van der Waals surface area (Å²) >= 11 is 2.96. The molecule has 1 aromatic carbocycles. The van der Waals surface area contributed by atoms with Crippen LogP contribution in [0, 0.1) is 0 Å². The highest BCUT2D eigenvalue weighted by Crippen LogP contribution is 2.09. The van der Waals surface area contributed by atoms with Crippen LogP contribution in [-0.2, 0) is 25.4 Å². The van der Waals surface area contributed by atoms with E-state index >= 15 is 0 Å². The van der Waals surface area contributed by atoms with Gasteiger partial charge in [0.1, 0.15) is 12.1 Å². The van der Waals surface area contributed by atoms with E-state index < -0.39 is 34.0 Å². The van der Waals surface area contributed by atoms with Crippen LogP contribution < -0.4 is 10.0 Å². The molecule has 0 aliphatic heterocycles. The Morgan fingerprint density at radius 2 is 1.59 bits per heavy atom. The van der Waals surface area contributed by atoms with Gasteiger partial charge in [0.2, 0.25) is 15.9 Å². The molecule has 10 heteroatoms. The highest BCUT2D eigenvalue weighted by atomic mass is 32.2. The minimum absolute atomic E-state index is 0.244. The average molecular weight is 435 g/mol. The zero-order valence-electron chi connectivity index (χ0n) is 15.4. The summed E-state index contributed by atoms with van der Waals surface area (Å²) in [6.45, 7) is 0. The number of sulfonamides is 1. The summed E-state index contributed by atoms with van der Waals surface area (Å²) in [5.74, 6) is -0.852. The SMILES string of the molecule is CSCC[C@H](NS(=O)(=O)Cc1ccccc1)C(=O)N[C@H](CCSC)C(=O)O. The lowest BCUT2D eigenvalue weighted by Gasteiger charge is -2.21. The Balaban J connectivity index is 2.83. The van der Waals surface area contributed by atoms with Crippen LogP contribution in [0.5, 0.6) is 0 Å². The molecule has 1 aromatic rings.